The van der Waals surface area contributed by atoms with Gasteiger partial charge in [0, 0.05) is 16.8 Å². The molecule has 0 radical (unpaired) electrons. The second-order valence-corrected chi connectivity index (χ2v) is 11.0. The van der Waals surface area contributed by atoms with Crippen molar-refractivity contribution in [2.45, 2.75) is 0 Å². The Morgan fingerprint density at radius 3 is 1.90 bits per heavy atom. The van der Waals surface area contributed by atoms with E-state index in [9.17, 15) is 0 Å². The summed E-state index contributed by atoms with van der Waals surface area (Å²) in [7, 11) is 0. The van der Waals surface area contributed by atoms with Crippen molar-refractivity contribution in [3.63, 3.8) is 0 Å². The summed E-state index contributed by atoms with van der Waals surface area (Å²) in [6.45, 7) is 0. The van der Waals surface area contributed by atoms with Gasteiger partial charge in [0.25, 0.3) is 0 Å². The molecule has 0 aliphatic rings. The van der Waals surface area contributed by atoms with E-state index in [4.69, 9.17) is 4.42 Å². The van der Waals surface area contributed by atoms with Crippen LogP contribution in [0.1, 0.15) is 0 Å². The number of fused-ring (bicyclic) bond motifs is 9. The summed E-state index contributed by atoms with van der Waals surface area (Å²) in [6, 6.07) is 54.4. The van der Waals surface area contributed by atoms with Crippen LogP contribution in [-0.4, -0.2) is 0 Å². The summed E-state index contributed by atoms with van der Waals surface area (Å²) in [6.07, 6.45) is 0. The van der Waals surface area contributed by atoms with Gasteiger partial charge < -0.3 is 9.32 Å². The second kappa shape index (κ2) is 8.95. The van der Waals surface area contributed by atoms with Crippen LogP contribution in [0.3, 0.4) is 0 Å². The van der Waals surface area contributed by atoms with Gasteiger partial charge in [-0.2, -0.15) is 0 Å². The van der Waals surface area contributed by atoms with Crippen molar-refractivity contribution >= 4 is 82.1 Å². The highest BCUT2D eigenvalue weighted by Gasteiger charge is 2.20. The average Bonchev–Trinajstić information content (AvgIpc) is 3.42. The Morgan fingerprint density at radius 2 is 1.05 bits per heavy atom. The van der Waals surface area contributed by atoms with Crippen molar-refractivity contribution in [2.24, 2.45) is 0 Å². The zero-order valence-corrected chi connectivity index (χ0v) is 22.8. The van der Waals surface area contributed by atoms with Crippen LogP contribution < -0.4 is 4.90 Å². The number of anilines is 3. The summed E-state index contributed by atoms with van der Waals surface area (Å²) in [5.74, 6) is 0. The number of rotatable bonds is 3. The molecule has 0 saturated carbocycles. The van der Waals surface area contributed by atoms with E-state index < -0.39 is 0 Å². The van der Waals surface area contributed by atoms with E-state index in [1.54, 1.807) is 0 Å². The zero-order chi connectivity index (χ0) is 27.6. The van der Waals surface area contributed by atoms with Gasteiger partial charge in [-0.1, -0.05) is 103 Å². The minimum atomic E-state index is 0.886. The lowest BCUT2D eigenvalue weighted by Crippen LogP contribution is -2.10. The van der Waals surface area contributed by atoms with E-state index in [-0.39, 0.29) is 0 Å². The van der Waals surface area contributed by atoms with Crippen LogP contribution in [0.15, 0.2) is 156 Å². The molecular weight excluding hydrogens is 510 g/mol. The fourth-order valence-electron chi connectivity index (χ4n) is 6.65. The molecule has 0 aliphatic carbocycles. The summed E-state index contributed by atoms with van der Waals surface area (Å²) in [5, 5.41) is 12.2. The van der Waals surface area contributed by atoms with E-state index in [2.05, 4.69) is 157 Å². The van der Waals surface area contributed by atoms with Crippen LogP contribution in [0.5, 0.6) is 0 Å². The third kappa shape index (κ3) is 3.45. The Hall–Kier alpha value is -5.60. The lowest BCUT2D eigenvalue weighted by molar-refractivity contribution is 0.669. The van der Waals surface area contributed by atoms with Crippen molar-refractivity contribution in [2.75, 3.05) is 4.90 Å². The molecule has 2 heteroatoms. The molecule has 2 nitrogen and oxygen atoms in total. The molecule has 1 aromatic heterocycles. The van der Waals surface area contributed by atoms with Gasteiger partial charge in [0.1, 0.15) is 11.2 Å². The van der Waals surface area contributed by atoms with Crippen LogP contribution >= 0.6 is 0 Å². The average molecular weight is 536 g/mol. The molecule has 0 atom stereocenters. The summed E-state index contributed by atoms with van der Waals surface area (Å²) in [4.78, 5) is 2.36. The maximum absolute atomic E-state index is 6.46. The van der Waals surface area contributed by atoms with Gasteiger partial charge in [-0.05, 0) is 91.6 Å². The molecule has 0 fully saturated rings. The molecule has 9 rings (SSSR count). The van der Waals surface area contributed by atoms with Crippen molar-refractivity contribution in [1.82, 2.24) is 0 Å². The van der Waals surface area contributed by atoms with Gasteiger partial charge in [0.15, 0.2) is 0 Å². The Kier molecular flexibility index (Phi) is 4.93. The standard InChI is InChI=1S/C40H25NO/c1-2-12-31(13-3-1)41(36-15-8-16-37-40(36)35-24-28-10-4-5-11-29(28)25-38(35)42-37)32-21-22-34-30(23-32)20-19-27-18-17-26-9-6-7-14-33(26)39(27)34/h1-25H. The highest BCUT2D eigenvalue weighted by Crippen LogP contribution is 2.44. The molecule has 42 heavy (non-hydrogen) atoms. The van der Waals surface area contributed by atoms with Crippen LogP contribution in [0.4, 0.5) is 17.1 Å². The molecule has 0 N–H and O–H groups in total. The Morgan fingerprint density at radius 1 is 0.357 bits per heavy atom. The highest BCUT2D eigenvalue weighted by atomic mass is 16.3. The number of hydrogen-bond donors (Lipinski definition) is 0. The zero-order valence-electron chi connectivity index (χ0n) is 22.8. The summed E-state index contributed by atoms with van der Waals surface area (Å²) >= 11 is 0. The summed E-state index contributed by atoms with van der Waals surface area (Å²) in [5.41, 5.74) is 5.10. The van der Waals surface area contributed by atoms with E-state index >= 15 is 0 Å². The molecule has 0 spiro atoms. The Balaban J connectivity index is 1.33. The van der Waals surface area contributed by atoms with E-state index in [1.807, 2.05) is 0 Å². The van der Waals surface area contributed by atoms with Gasteiger partial charge in [-0.15, -0.1) is 0 Å². The molecule has 0 unspecified atom stereocenters. The van der Waals surface area contributed by atoms with E-state index in [0.717, 1.165) is 39.0 Å². The van der Waals surface area contributed by atoms with Crippen molar-refractivity contribution in [1.29, 1.82) is 0 Å². The normalized spacial score (nSPS) is 11.8. The molecule has 1 heterocycles. The predicted octanol–water partition coefficient (Wildman–Crippen LogP) is 11.7. The van der Waals surface area contributed by atoms with Gasteiger partial charge >= 0.3 is 0 Å². The van der Waals surface area contributed by atoms with Crippen LogP contribution in [0.2, 0.25) is 0 Å². The first-order valence-corrected chi connectivity index (χ1v) is 14.4. The maximum Gasteiger partial charge on any atom is 0.137 e. The molecule has 0 amide bonds. The van der Waals surface area contributed by atoms with E-state index in [0.29, 0.717) is 0 Å². The number of benzene rings is 8. The van der Waals surface area contributed by atoms with Crippen LogP contribution in [0, 0.1) is 0 Å². The minimum Gasteiger partial charge on any atom is -0.456 e. The van der Waals surface area contributed by atoms with Gasteiger partial charge in [0.2, 0.25) is 0 Å². The second-order valence-electron chi connectivity index (χ2n) is 11.0. The maximum atomic E-state index is 6.46. The third-order valence-corrected chi connectivity index (χ3v) is 8.56. The molecule has 0 saturated heterocycles. The van der Waals surface area contributed by atoms with Crippen LogP contribution in [0.25, 0.3) is 65.0 Å². The molecule has 8 aromatic carbocycles. The lowest BCUT2D eigenvalue weighted by atomic mass is 9.96. The van der Waals surface area contributed by atoms with Crippen molar-refractivity contribution in [3.8, 4) is 0 Å². The van der Waals surface area contributed by atoms with Gasteiger partial charge in [-0.3, -0.25) is 0 Å². The molecule has 196 valence electrons. The molecule has 0 bridgehead atoms. The smallest absolute Gasteiger partial charge is 0.137 e. The number of para-hydroxylation sites is 1. The van der Waals surface area contributed by atoms with Gasteiger partial charge in [-0.25, -0.2) is 0 Å². The molecule has 9 aromatic rings. The Labute approximate surface area is 242 Å². The minimum absolute atomic E-state index is 0.886. The number of nitrogens with zero attached hydrogens (tertiary/aromatic N) is 1. The lowest BCUT2D eigenvalue weighted by Gasteiger charge is -2.26. The summed E-state index contributed by atoms with van der Waals surface area (Å²) < 4.78 is 6.46. The predicted molar refractivity (Wildman–Crippen MR) is 178 cm³/mol. The first kappa shape index (κ1) is 23.1. The molecular formula is C40H25NO. The Bertz CT molecular complexity index is 2470. The third-order valence-electron chi connectivity index (χ3n) is 8.56. The topological polar surface area (TPSA) is 16.4 Å². The van der Waals surface area contributed by atoms with Gasteiger partial charge in [0.05, 0.1) is 11.1 Å². The quantitative estimate of drug-likeness (QED) is 0.209. The number of hydrogen-bond acceptors (Lipinski definition) is 2. The van der Waals surface area contributed by atoms with E-state index in [1.165, 1.54) is 43.1 Å². The largest absolute Gasteiger partial charge is 0.456 e. The molecule has 0 aliphatic heterocycles. The first-order valence-electron chi connectivity index (χ1n) is 14.4. The monoisotopic (exact) mass is 535 g/mol. The fourth-order valence-corrected chi connectivity index (χ4v) is 6.65. The highest BCUT2D eigenvalue weighted by molar-refractivity contribution is 6.21. The van der Waals surface area contributed by atoms with Crippen molar-refractivity contribution < 1.29 is 4.42 Å². The van der Waals surface area contributed by atoms with Crippen LogP contribution in [-0.2, 0) is 0 Å². The fraction of sp³-hybridized carbons (Fsp3) is 0. The first-order chi connectivity index (χ1) is 20.8. The number of furan rings is 1. The van der Waals surface area contributed by atoms with Crippen molar-refractivity contribution in [3.05, 3.63) is 152 Å². The SMILES string of the molecule is c1ccc(N(c2ccc3c(ccc4ccc5ccccc5c43)c2)c2cccc3oc4cc5ccccc5cc4c23)cc1.